The summed E-state index contributed by atoms with van der Waals surface area (Å²) in [4.78, 5) is 18.3. The Balaban J connectivity index is 1.54. The lowest BCUT2D eigenvalue weighted by molar-refractivity contribution is -0.116. The molecule has 0 unspecified atom stereocenters. The van der Waals surface area contributed by atoms with Crippen molar-refractivity contribution in [3.05, 3.63) is 77.4 Å². The van der Waals surface area contributed by atoms with Crippen molar-refractivity contribution in [3.8, 4) is 11.3 Å². The van der Waals surface area contributed by atoms with E-state index < -0.39 is 0 Å². The molecule has 0 bridgehead atoms. The van der Waals surface area contributed by atoms with Gasteiger partial charge in [-0.3, -0.25) is 4.79 Å². The minimum atomic E-state index is -0.301. The number of benzene rings is 2. The quantitative estimate of drug-likeness (QED) is 0.410. The van der Waals surface area contributed by atoms with Crippen LogP contribution in [0.5, 0.6) is 0 Å². The van der Waals surface area contributed by atoms with E-state index in [0.29, 0.717) is 29.7 Å². The van der Waals surface area contributed by atoms with Gasteiger partial charge in [0.05, 0.1) is 5.69 Å². The molecule has 2 aromatic carbocycles. The van der Waals surface area contributed by atoms with Crippen LogP contribution >= 0.6 is 11.8 Å². The number of nitrogens with zero attached hydrogens (tertiary/aromatic N) is 3. The fourth-order valence-corrected chi connectivity index (χ4v) is 4.10. The van der Waals surface area contributed by atoms with E-state index in [4.69, 9.17) is 0 Å². The van der Waals surface area contributed by atoms with E-state index in [9.17, 15) is 9.18 Å². The normalized spacial score (nSPS) is 11.1. The van der Waals surface area contributed by atoms with Crippen molar-refractivity contribution >= 4 is 29.0 Å². The first-order valence-electron chi connectivity index (χ1n) is 10.0. The van der Waals surface area contributed by atoms with Crippen molar-refractivity contribution < 1.29 is 9.18 Å². The average molecular weight is 435 g/mol. The summed E-state index contributed by atoms with van der Waals surface area (Å²) in [6, 6.07) is 16.0. The van der Waals surface area contributed by atoms with Crippen LogP contribution in [0.2, 0.25) is 0 Å². The molecule has 158 valence electrons. The highest BCUT2D eigenvalue weighted by Gasteiger charge is 2.15. The zero-order chi connectivity index (χ0) is 22.0. The predicted octanol–water partition coefficient (Wildman–Crippen LogP) is 5.45. The van der Waals surface area contributed by atoms with Crippen LogP contribution in [0.3, 0.4) is 0 Å². The topological polar surface area (TPSA) is 59.3 Å². The summed E-state index contributed by atoms with van der Waals surface area (Å²) < 4.78 is 15.4. The standard InChI is InChI=1S/C24H23FN4OS/c1-15-21(10-11-24(30)27-19-8-5-9-20(13-19)31-3)16(2)29-23(26-15)14-22(28-29)17-6-4-7-18(25)12-17/h4-9,12-14H,10-11H2,1-3H3,(H,27,30). The molecule has 31 heavy (non-hydrogen) atoms. The Hall–Kier alpha value is -3.19. The molecule has 0 atom stereocenters. The summed E-state index contributed by atoms with van der Waals surface area (Å²) in [6.45, 7) is 3.91. The number of hydrogen-bond acceptors (Lipinski definition) is 4. The molecular weight excluding hydrogens is 411 g/mol. The number of carbonyl (C=O) groups is 1. The van der Waals surface area contributed by atoms with E-state index in [2.05, 4.69) is 15.4 Å². The largest absolute Gasteiger partial charge is 0.326 e. The summed E-state index contributed by atoms with van der Waals surface area (Å²) in [7, 11) is 0. The van der Waals surface area contributed by atoms with E-state index in [1.54, 1.807) is 22.3 Å². The number of fused-ring (bicyclic) bond motifs is 1. The van der Waals surface area contributed by atoms with Crippen LogP contribution < -0.4 is 5.32 Å². The number of amides is 1. The molecule has 5 nitrogen and oxygen atoms in total. The molecule has 0 aliphatic carbocycles. The molecule has 0 fully saturated rings. The lowest BCUT2D eigenvalue weighted by atomic mass is 10.1. The number of halogens is 1. The van der Waals surface area contributed by atoms with Crippen LogP contribution in [0.25, 0.3) is 16.9 Å². The number of anilines is 1. The molecular formula is C24H23FN4OS. The minimum absolute atomic E-state index is 0.0435. The van der Waals surface area contributed by atoms with Gasteiger partial charge in [-0.25, -0.2) is 13.9 Å². The third kappa shape index (κ3) is 4.61. The van der Waals surface area contributed by atoms with Gasteiger partial charge in [0.25, 0.3) is 0 Å². The van der Waals surface area contributed by atoms with Crippen LogP contribution in [0.4, 0.5) is 10.1 Å². The molecule has 0 spiro atoms. The third-order valence-electron chi connectivity index (χ3n) is 5.24. The maximum Gasteiger partial charge on any atom is 0.224 e. The van der Waals surface area contributed by atoms with Gasteiger partial charge in [-0.05, 0) is 62.4 Å². The Bertz CT molecular complexity index is 1270. The van der Waals surface area contributed by atoms with Gasteiger partial charge in [0.2, 0.25) is 5.91 Å². The maximum absolute atomic E-state index is 13.6. The Morgan fingerprint density at radius 3 is 2.71 bits per heavy atom. The Morgan fingerprint density at radius 2 is 1.94 bits per heavy atom. The van der Waals surface area contributed by atoms with E-state index in [1.807, 2.05) is 56.5 Å². The van der Waals surface area contributed by atoms with Crippen molar-refractivity contribution in [3.63, 3.8) is 0 Å². The summed E-state index contributed by atoms with van der Waals surface area (Å²) >= 11 is 1.64. The van der Waals surface area contributed by atoms with Gasteiger partial charge in [-0.15, -0.1) is 11.8 Å². The van der Waals surface area contributed by atoms with Crippen molar-refractivity contribution in [1.29, 1.82) is 0 Å². The minimum Gasteiger partial charge on any atom is -0.326 e. The van der Waals surface area contributed by atoms with Crippen LogP contribution in [0.1, 0.15) is 23.4 Å². The first-order chi connectivity index (χ1) is 14.9. The second-order valence-corrected chi connectivity index (χ2v) is 8.23. The second kappa shape index (κ2) is 8.89. The maximum atomic E-state index is 13.6. The number of thioether (sulfide) groups is 1. The zero-order valence-electron chi connectivity index (χ0n) is 17.6. The monoisotopic (exact) mass is 434 g/mol. The Labute approximate surface area is 184 Å². The van der Waals surface area contributed by atoms with Gasteiger partial charge in [0, 0.05) is 40.0 Å². The molecule has 0 radical (unpaired) electrons. The van der Waals surface area contributed by atoms with Crippen LogP contribution in [-0.4, -0.2) is 26.8 Å². The van der Waals surface area contributed by atoms with Crippen LogP contribution in [0, 0.1) is 19.7 Å². The SMILES string of the molecule is CSc1cccc(NC(=O)CCc2c(C)nc3cc(-c4cccc(F)c4)nn3c2C)c1. The molecule has 0 aliphatic rings. The Kier molecular flexibility index (Phi) is 6.04. The van der Waals surface area contributed by atoms with Crippen molar-refractivity contribution in [1.82, 2.24) is 14.6 Å². The smallest absolute Gasteiger partial charge is 0.224 e. The first-order valence-corrected chi connectivity index (χ1v) is 11.2. The van der Waals surface area contributed by atoms with Gasteiger partial charge < -0.3 is 5.32 Å². The number of carbonyl (C=O) groups excluding carboxylic acids is 1. The van der Waals surface area contributed by atoms with Crippen molar-refractivity contribution in [2.45, 2.75) is 31.6 Å². The number of aromatic nitrogens is 3. The fourth-order valence-electron chi connectivity index (χ4n) is 3.64. The average Bonchev–Trinajstić information content (AvgIpc) is 3.18. The van der Waals surface area contributed by atoms with Gasteiger partial charge >= 0.3 is 0 Å². The lowest BCUT2D eigenvalue weighted by Gasteiger charge is -2.11. The van der Waals surface area contributed by atoms with Gasteiger partial charge in [0.15, 0.2) is 5.65 Å². The number of aryl methyl sites for hydroxylation is 2. The molecule has 2 aromatic heterocycles. The molecule has 4 aromatic rings. The number of rotatable bonds is 6. The summed E-state index contributed by atoms with van der Waals surface area (Å²) in [5.74, 6) is -0.344. The highest BCUT2D eigenvalue weighted by atomic mass is 32.2. The summed E-state index contributed by atoms with van der Waals surface area (Å²) in [5, 5.41) is 7.59. The van der Waals surface area contributed by atoms with Crippen LogP contribution in [0.15, 0.2) is 59.5 Å². The van der Waals surface area contributed by atoms with E-state index in [-0.39, 0.29) is 11.7 Å². The molecule has 2 heterocycles. The molecule has 0 aliphatic heterocycles. The number of hydrogen-bond donors (Lipinski definition) is 1. The molecule has 0 saturated heterocycles. The highest BCUT2D eigenvalue weighted by molar-refractivity contribution is 7.98. The first kappa shape index (κ1) is 21.1. The zero-order valence-corrected chi connectivity index (χ0v) is 18.5. The molecule has 7 heteroatoms. The van der Waals surface area contributed by atoms with E-state index in [0.717, 1.165) is 27.5 Å². The molecule has 0 saturated carbocycles. The fraction of sp³-hybridized carbons (Fsp3) is 0.208. The van der Waals surface area contributed by atoms with Gasteiger partial charge in [-0.2, -0.15) is 5.10 Å². The lowest BCUT2D eigenvalue weighted by Crippen LogP contribution is -2.14. The Morgan fingerprint density at radius 1 is 1.13 bits per heavy atom. The second-order valence-electron chi connectivity index (χ2n) is 7.35. The van der Waals surface area contributed by atoms with Crippen LogP contribution in [-0.2, 0) is 11.2 Å². The molecule has 4 rings (SSSR count). The van der Waals surface area contributed by atoms with Gasteiger partial charge in [-0.1, -0.05) is 18.2 Å². The molecule has 1 amide bonds. The highest BCUT2D eigenvalue weighted by Crippen LogP contribution is 2.24. The predicted molar refractivity (Wildman–Crippen MR) is 123 cm³/mol. The summed E-state index contributed by atoms with van der Waals surface area (Å²) in [5.41, 5.74) is 5.67. The summed E-state index contributed by atoms with van der Waals surface area (Å²) in [6.07, 6.45) is 2.91. The molecule has 1 N–H and O–H groups in total. The number of nitrogens with one attached hydrogen (secondary N) is 1. The van der Waals surface area contributed by atoms with Crippen molar-refractivity contribution in [2.24, 2.45) is 0 Å². The van der Waals surface area contributed by atoms with Gasteiger partial charge in [0.1, 0.15) is 5.82 Å². The van der Waals surface area contributed by atoms with Crippen molar-refractivity contribution in [2.75, 3.05) is 11.6 Å². The third-order valence-corrected chi connectivity index (χ3v) is 5.97. The van der Waals surface area contributed by atoms with E-state index in [1.165, 1.54) is 12.1 Å². The van der Waals surface area contributed by atoms with E-state index >= 15 is 0 Å².